The number of nitrogens with one attached hydrogen (secondary N) is 1. The summed E-state index contributed by atoms with van der Waals surface area (Å²) in [7, 11) is 0. The van der Waals surface area contributed by atoms with Gasteiger partial charge in [-0.05, 0) is 25.0 Å². The minimum absolute atomic E-state index is 0.0532. The highest BCUT2D eigenvalue weighted by atomic mass is 19.4. The molecule has 1 aliphatic rings. The van der Waals surface area contributed by atoms with Crippen LogP contribution < -0.4 is 5.32 Å². The Morgan fingerprint density at radius 2 is 2.07 bits per heavy atom. The average molecular weight is 202 g/mol. The summed E-state index contributed by atoms with van der Waals surface area (Å²) >= 11 is 0. The lowest BCUT2D eigenvalue weighted by atomic mass is 10.2. The number of alkyl halides is 3. The van der Waals surface area contributed by atoms with E-state index in [1.807, 2.05) is 0 Å². The average Bonchev–Trinajstić information content (AvgIpc) is 2.87. The van der Waals surface area contributed by atoms with Crippen LogP contribution in [-0.2, 0) is 6.18 Å². The quantitative estimate of drug-likeness (QED) is 0.797. The fraction of sp³-hybridized carbons (Fsp3) is 0.444. The first-order valence-electron chi connectivity index (χ1n) is 4.36. The van der Waals surface area contributed by atoms with Crippen LogP contribution in [0, 0.1) is 0 Å². The van der Waals surface area contributed by atoms with Crippen LogP contribution in [0.25, 0.3) is 0 Å². The molecule has 1 heterocycles. The molecule has 1 aromatic rings. The van der Waals surface area contributed by atoms with E-state index in [2.05, 4.69) is 10.3 Å². The molecule has 14 heavy (non-hydrogen) atoms. The van der Waals surface area contributed by atoms with Gasteiger partial charge in [0.05, 0.1) is 5.56 Å². The summed E-state index contributed by atoms with van der Waals surface area (Å²) in [6.45, 7) is 0. The van der Waals surface area contributed by atoms with Gasteiger partial charge in [-0.2, -0.15) is 13.2 Å². The van der Waals surface area contributed by atoms with E-state index >= 15 is 0 Å². The molecule has 0 amide bonds. The first-order valence-corrected chi connectivity index (χ1v) is 4.36. The fourth-order valence-corrected chi connectivity index (χ4v) is 1.17. The Morgan fingerprint density at radius 3 is 2.64 bits per heavy atom. The monoisotopic (exact) mass is 202 g/mol. The Hall–Kier alpha value is -1.26. The second kappa shape index (κ2) is 3.15. The minimum atomic E-state index is -4.33. The Bertz CT molecular complexity index is 331. The third-order valence-electron chi connectivity index (χ3n) is 2.03. The van der Waals surface area contributed by atoms with Gasteiger partial charge in [0.1, 0.15) is 5.82 Å². The molecule has 0 atom stereocenters. The lowest BCUT2D eigenvalue weighted by molar-refractivity contribution is -0.137. The summed E-state index contributed by atoms with van der Waals surface area (Å²) in [5.41, 5.74) is -0.688. The molecule has 0 spiro atoms. The van der Waals surface area contributed by atoms with Gasteiger partial charge in [0.2, 0.25) is 0 Å². The molecule has 0 unspecified atom stereocenters. The van der Waals surface area contributed by atoms with Gasteiger partial charge in [-0.15, -0.1) is 0 Å². The summed E-state index contributed by atoms with van der Waals surface area (Å²) in [5, 5.41) is 2.76. The number of hydrogen-bond acceptors (Lipinski definition) is 2. The van der Waals surface area contributed by atoms with Gasteiger partial charge in [0.25, 0.3) is 0 Å². The number of pyridine rings is 1. The zero-order valence-corrected chi connectivity index (χ0v) is 7.30. The molecule has 1 saturated carbocycles. The number of aromatic nitrogens is 1. The summed E-state index contributed by atoms with van der Waals surface area (Å²) < 4.78 is 37.3. The van der Waals surface area contributed by atoms with Crippen molar-refractivity contribution in [2.45, 2.75) is 25.1 Å². The summed E-state index contributed by atoms with van der Waals surface area (Å²) in [4.78, 5) is 3.69. The van der Waals surface area contributed by atoms with Crippen molar-refractivity contribution >= 4 is 5.82 Å². The Labute approximate surface area is 79.2 Å². The van der Waals surface area contributed by atoms with Crippen LogP contribution in [0.15, 0.2) is 18.3 Å². The summed E-state index contributed by atoms with van der Waals surface area (Å²) in [6, 6.07) is 2.50. The Morgan fingerprint density at radius 1 is 1.36 bits per heavy atom. The molecule has 0 radical (unpaired) electrons. The predicted octanol–water partition coefficient (Wildman–Crippen LogP) is 2.67. The van der Waals surface area contributed by atoms with E-state index in [4.69, 9.17) is 0 Å². The Balaban J connectivity index is 2.27. The van der Waals surface area contributed by atoms with Crippen molar-refractivity contribution < 1.29 is 13.2 Å². The molecule has 1 N–H and O–H groups in total. The third kappa shape index (κ3) is 1.97. The molecule has 0 bridgehead atoms. The third-order valence-corrected chi connectivity index (χ3v) is 2.03. The Kier molecular flexibility index (Phi) is 2.09. The fourth-order valence-electron chi connectivity index (χ4n) is 1.17. The smallest absolute Gasteiger partial charge is 0.367 e. The van der Waals surface area contributed by atoms with Crippen LogP contribution in [0.5, 0.6) is 0 Å². The predicted molar refractivity (Wildman–Crippen MR) is 45.9 cm³/mol. The standard InChI is InChI=1S/C9H9F3N2/c10-9(11,12)7-2-1-5-13-8(7)14-6-3-4-6/h1-2,5-6H,3-4H2,(H,13,14). The van der Waals surface area contributed by atoms with Crippen LogP contribution in [-0.4, -0.2) is 11.0 Å². The molecule has 0 aromatic carbocycles. The second-order valence-corrected chi connectivity index (χ2v) is 3.32. The first kappa shape index (κ1) is 9.30. The number of anilines is 1. The molecular formula is C9H9F3N2. The largest absolute Gasteiger partial charge is 0.419 e. The van der Waals surface area contributed by atoms with Crippen LogP contribution >= 0.6 is 0 Å². The molecule has 0 saturated heterocycles. The molecular weight excluding hydrogens is 193 g/mol. The first-order chi connectivity index (χ1) is 6.57. The molecule has 2 nitrogen and oxygen atoms in total. The van der Waals surface area contributed by atoms with E-state index in [0.29, 0.717) is 0 Å². The molecule has 1 aromatic heterocycles. The lowest BCUT2D eigenvalue weighted by Gasteiger charge is -2.12. The van der Waals surface area contributed by atoms with Gasteiger partial charge >= 0.3 is 6.18 Å². The SMILES string of the molecule is FC(F)(F)c1cccnc1NC1CC1. The van der Waals surface area contributed by atoms with Gasteiger partial charge in [-0.3, -0.25) is 0 Å². The van der Waals surface area contributed by atoms with Crippen molar-refractivity contribution in [2.75, 3.05) is 5.32 Å². The van der Waals surface area contributed by atoms with Crippen molar-refractivity contribution in [1.29, 1.82) is 0 Å². The molecule has 1 aliphatic carbocycles. The normalized spacial score (nSPS) is 16.8. The van der Waals surface area contributed by atoms with E-state index in [1.165, 1.54) is 12.3 Å². The van der Waals surface area contributed by atoms with E-state index in [1.54, 1.807) is 0 Å². The lowest BCUT2D eigenvalue weighted by Crippen LogP contribution is -2.13. The van der Waals surface area contributed by atoms with Gasteiger partial charge in [-0.1, -0.05) is 0 Å². The number of rotatable bonds is 2. The topological polar surface area (TPSA) is 24.9 Å². The maximum Gasteiger partial charge on any atom is 0.419 e. The van der Waals surface area contributed by atoms with Crippen molar-refractivity contribution in [2.24, 2.45) is 0 Å². The van der Waals surface area contributed by atoms with Crippen LogP contribution in [0.3, 0.4) is 0 Å². The maximum atomic E-state index is 12.4. The van der Waals surface area contributed by atoms with E-state index in [0.717, 1.165) is 18.9 Å². The zero-order chi connectivity index (χ0) is 10.2. The highest BCUT2D eigenvalue weighted by Crippen LogP contribution is 2.35. The van der Waals surface area contributed by atoms with Gasteiger partial charge in [0.15, 0.2) is 0 Å². The molecule has 5 heteroatoms. The van der Waals surface area contributed by atoms with Gasteiger partial charge < -0.3 is 5.32 Å². The van der Waals surface area contributed by atoms with Gasteiger partial charge in [-0.25, -0.2) is 4.98 Å². The summed E-state index contributed by atoms with van der Waals surface area (Å²) in [6.07, 6.45) is -1.12. The molecule has 0 aliphatic heterocycles. The van der Waals surface area contributed by atoms with Crippen molar-refractivity contribution in [3.8, 4) is 0 Å². The molecule has 1 fully saturated rings. The van der Waals surface area contributed by atoms with Crippen LogP contribution in [0.2, 0.25) is 0 Å². The highest BCUT2D eigenvalue weighted by Gasteiger charge is 2.35. The van der Waals surface area contributed by atoms with E-state index in [-0.39, 0.29) is 11.9 Å². The van der Waals surface area contributed by atoms with Crippen LogP contribution in [0.1, 0.15) is 18.4 Å². The van der Waals surface area contributed by atoms with E-state index < -0.39 is 11.7 Å². The molecule has 2 rings (SSSR count). The van der Waals surface area contributed by atoms with E-state index in [9.17, 15) is 13.2 Å². The minimum Gasteiger partial charge on any atom is -0.367 e. The van der Waals surface area contributed by atoms with Crippen molar-refractivity contribution in [3.63, 3.8) is 0 Å². The van der Waals surface area contributed by atoms with Crippen molar-refractivity contribution in [1.82, 2.24) is 4.98 Å². The maximum absolute atomic E-state index is 12.4. The number of halogens is 3. The zero-order valence-electron chi connectivity index (χ0n) is 7.30. The highest BCUT2D eigenvalue weighted by molar-refractivity contribution is 5.47. The number of hydrogen-bond donors (Lipinski definition) is 1. The second-order valence-electron chi connectivity index (χ2n) is 3.32. The number of nitrogens with zero attached hydrogens (tertiary/aromatic N) is 1. The summed E-state index contributed by atoms with van der Waals surface area (Å²) in [5.74, 6) is -0.0532. The van der Waals surface area contributed by atoms with Gasteiger partial charge in [0, 0.05) is 12.2 Å². The van der Waals surface area contributed by atoms with Crippen molar-refractivity contribution in [3.05, 3.63) is 23.9 Å². The molecule has 76 valence electrons. The van der Waals surface area contributed by atoms with Crippen LogP contribution in [0.4, 0.5) is 19.0 Å².